The van der Waals surface area contributed by atoms with Crippen molar-refractivity contribution in [3.63, 3.8) is 0 Å². The lowest BCUT2D eigenvalue weighted by atomic mass is 10.1. The van der Waals surface area contributed by atoms with Crippen molar-refractivity contribution in [1.82, 2.24) is 19.8 Å². The summed E-state index contributed by atoms with van der Waals surface area (Å²) in [5.41, 5.74) is 1.13. The monoisotopic (exact) mass is 446 g/mol. The zero-order valence-electron chi connectivity index (χ0n) is 17.8. The number of hydrogen-bond acceptors (Lipinski definition) is 7. The van der Waals surface area contributed by atoms with Crippen LogP contribution < -0.4 is 14.2 Å². The molecular formula is C24H22N4O3S. The van der Waals surface area contributed by atoms with Gasteiger partial charge in [-0.1, -0.05) is 53.8 Å². The standard InChI is InChI=1S/C24H22N4O3S/c1-29-20-12-10-16(14-21(20)30-2)11-13-22-25-26-24-28(22)27-23(32-24)15-31-19-9-5-7-17-6-3-4-8-18(17)19/h3-10,12,14H,11,13,15H2,1-2H3. The first-order valence-corrected chi connectivity index (χ1v) is 11.1. The van der Waals surface area contributed by atoms with Crippen molar-refractivity contribution in [3.8, 4) is 17.2 Å². The summed E-state index contributed by atoms with van der Waals surface area (Å²) in [6, 6.07) is 20.2. The normalized spacial score (nSPS) is 11.2. The highest BCUT2D eigenvalue weighted by Crippen LogP contribution is 2.29. The zero-order valence-corrected chi connectivity index (χ0v) is 18.6. The Morgan fingerprint density at radius 2 is 1.69 bits per heavy atom. The first-order chi connectivity index (χ1) is 15.7. The maximum absolute atomic E-state index is 6.08. The van der Waals surface area contributed by atoms with Crippen LogP contribution in [0.25, 0.3) is 15.7 Å². The second-order valence-electron chi connectivity index (χ2n) is 7.26. The molecule has 0 spiro atoms. The number of aryl methyl sites for hydroxylation is 2. The number of fused-ring (bicyclic) bond motifs is 2. The average molecular weight is 447 g/mol. The van der Waals surface area contributed by atoms with Gasteiger partial charge in [0.05, 0.1) is 14.2 Å². The van der Waals surface area contributed by atoms with E-state index < -0.39 is 0 Å². The fraction of sp³-hybridized carbons (Fsp3) is 0.208. The smallest absolute Gasteiger partial charge is 0.234 e. The molecule has 5 aromatic rings. The summed E-state index contributed by atoms with van der Waals surface area (Å²) in [5, 5.41) is 16.4. The van der Waals surface area contributed by atoms with Gasteiger partial charge in [-0.3, -0.25) is 0 Å². The van der Waals surface area contributed by atoms with Crippen molar-refractivity contribution in [2.45, 2.75) is 19.4 Å². The summed E-state index contributed by atoms with van der Waals surface area (Å²) >= 11 is 1.49. The summed E-state index contributed by atoms with van der Waals surface area (Å²) in [5.74, 6) is 3.11. The molecule has 0 aliphatic heterocycles. The molecule has 0 aliphatic rings. The summed E-state index contributed by atoms with van der Waals surface area (Å²) in [4.78, 5) is 0.767. The summed E-state index contributed by atoms with van der Waals surface area (Å²) in [7, 11) is 3.27. The Balaban J connectivity index is 1.29. The Bertz CT molecular complexity index is 1370. The molecule has 0 fully saturated rings. The number of methoxy groups -OCH3 is 2. The highest BCUT2D eigenvalue weighted by atomic mass is 32.1. The highest BCUT2D eigenvalue weighted by Gasteiger charge is 2.13. The molecule has 2 aromatic heterocycles. The van der Waals surface area contributed by atoms with Crippen LogP contribution in [0, 0.1) is 0 Å². The Hall–Kier alpha value is -3.65. The van der Waals surface area contributed by atoms with Gasteiger partial charge < -0.3 is 14.2 Å². The number of benzene rings is 3. The van der Waals surface area contributed by atoms with Crippen molar-refractivity contribution in [3.05, 3.63) is 77.1 Å². The minimum absolute atomic E-state index is 0.386. The molecule has 0 saturated heterocycles. The quantitative estimate of drug-likeness (QED) is 0.343. The maximum atomic E-state index is 6.08. The molecular weight excluding hydrogens is 424 g/mol. The molecule has 0 N–H and O–H groups in total. The second-order valence-corrected chi connectivity index (χ2v) is 8.30. The lowest BCUT2D eigenvalue weighted by molar-refractivity contribution is 0.307. The molecule has 3 aromatic carbocycles. The lowest BCUT2D eigenvalue weighted by Gasteiger charge is -2.09. The molecule has 8 heteroatoms. The largest absolute Gasteiger partial charge is 0.493 e. The predicted octanol–water partition coefficient (Wildman–Crippen LogP) is 4.72. The number of nitrogens with zero attached hydrogens (tertiary/aromatic N) is 4. The highest BCUT2D eigenvalue weighted by molar-refractivity contribution is 7.16. The van der Waals surface area contributed by atoms with Gasteiger partial charge in [0.15, 0.2) is 22.3 Å². The molecule has 0 saturated carbocycles. The van der Waals surface area contributed by atoms with Crippen LogP contribution in [0.2, 0.25) is 0 Å². The van der Waals surface area contributed by atoms with Crippen LogP contribution in [0.1, 0.15) is 16.4 Å². The van der Waals surface area contributed by atoms with E-state index in [2.05, 4.69) is 33.5 Å². The van der Waals surface area contributed by atoms with Gasteiger partial charge >= 0.3 is 0 Å². The van der Waals surface area contributed by atoms with Gasteiger partial charge in [-0.2, -0.15) is 9.61 Å². The first kappa shape index (κ1) is 20.3. The summed E-state index contributed by atoms with van der Waals surface area (Å²) < 4.78 is 18.6. The van der Waals surface area contributed by atoms with Gasteiger partial charge in [-0.15, -0.1) is 10.2 Å². The van der Waals surface area contributed by atoms with Crippen LogP contribution in [-0.4, -0.2) is 34.0 Å². The average Bonchev–Trinajstić information content (AvgIpc) is 3.41. The third-order valence-electron chi connectivity index (χ3n) is 5.28. The molecule has 0 unspecified atom stereocenters. The van der Waals surface area contributed by atoms with Crippen molar-refractivity contribution in [2.75, 3.05) is 14.2 Å². The van der Waals surface area contributed by atoms with E-state index >= 15 is 0 Å². The van der Waals surface area contributed by atoms with E-state index in [0.717, 1.165) is 55.8 Å². The van der Waals surface area contributed by atoms with Gasteiger partial charge in [0.2, 0.25) is 4.96 Å². The lowest BCUT2D eigenvalue weighted by Crippen LogP contribution is -2.02. The van der Waals surface area contributed by atoms with Gasteiger partial charge in [0, 0.05) is 11.8 Å². The van der Waals surface area contributed by atoms with Crippen molar-refractivity contribution in [1.29, 1.82) is 0 Å². The topological polar surface area (TPSA) is 70.8 Å². The second kappa shape index (κ2) is 8.84. The number of hydrogen-bond donors (Lipinski definition) is 0. The van der Waals surface area contributed by atoms with Gasteiger partial charge in [-0.05, 0) is 35.6 Å². The van der Waals surface area contributed by atoms with Gasteiger partial charge in [0.25, 0.3) is 0 Å². The van der Waals surface area contributed by atoms with Crippen molar-refractivity contribution in [2.24, 2.45) is 0 Å². The van der Waals surface area contributed by atoms with Crippen LogP contribution in [-0.2, 0) is 19.4 Å². The van der Waals surface area contributed by atoms with Crippen LogP contribution in [0.3, 0.4) is 0 Å². The third kappa shape index (κ3) is 3.97. The van der Waals surface area contributed by atoms with Crippen LogP contribution >= 0.6 is 11.3 Å². The van der Waals surface area contributed by atoms with Crippen LogP contribution in [0.5, 0.6) is 17.2 Å². The molecule has 32 heavy (non-hydrogen) atoms. The van der Waals surface area contributed by atoms with E-state index in [4.69, 9.17) is 14.2 Å². The summed E-state index contributed by atoms with van der Waals surface area (Å²) in [6.07, 6.45) is 1.50. The van der Waals surface area contributed by atoms with Gasteiger partial charge in [-0.25, -0.2) is 0 Å². The molecule has 7 nitrogen and oxygen atoms in total. The van der Waals surface area contributed by atoms with Crippen LogP contribution in [0.15, 0.2) is 60.7 Å². The molecule has 162 valence electrons. The third-order valence-corrected chi connectivity index (χ3v) is 6.16. The van der Waals surface area contributed by atoms with Gasteiger partial charge in [0.1, 0.15) is 12.4 Å². The van der Waals surface area contributed by atoms with E-state index in [1.54, 1.807) is 14.2 Å². The molecule has 0 atom stereocenters. The molecule has 0 amide bonds. The van der Waals surface area contributed by atoms with Crippen molar-refractivity contribution < 1.29 is 14.2 Å². The first-order valence-electron chi connectivity index (χ1n) is 10.3. The predicted molar refractivity (Wildman–Crippen MR) is 124 cm³/mol. The number of aromatic nitrogens is 4. The van der Waals surface area contributed by atoms with E-state index in [-0.39, 0.29) is 0 Å². The Morgan fingerprint density at radius 3 is 2.56 bits per heavy atom. The van der Waals surface area contributed by atoms with E-state index in [1.165, 1.54) is 11.3 Å². The molecule has 5 rings (SSSR count). The number of ether oxygens (including phenoxy) is 3. The van der Waals surface area contributed by atoms with E-state index in [1.807, 2.05) is 47.0 Å². The SMILES string of the molecule is COc1ccc(CCc2nnc3sc(COc4cccc5ccccc45)nn23)cc1OC. The minimum atomic E-state index is 0.386. The van der Waals surface area contributed by atoms with Crippen molar-refractivity contribution >= 4 is 27.1 Å². The number of rotatable bonds is 8. The minimum Gasteiger partial charge on any atom is -0.493 e. The molecule has 0 aliphatic carbocycles. The maximum Gasteiger partial charge on any atom is 0.234 e. The Labute approximate surface area is 189 Å². The molecule has 0 radical (unpaired) electrons. The van der Waals surface area contributed by atoms with E-state index in [0.29, 0.717) is 13.0 Å². The van der Waals surface area contributed by atoms with E-state index in [9.17, 15) is 0 Å². The zero-order chi connectivity index (χ0) is 21.9. The fourth-order valence-electron chi connectivity index (χ4n) is 3.66. The summed E-state index contributed by atoms with van der Waals surface area (Å²) in [6.45, 7) is 0.386. The fourth-order valence-corrected chi connectivity index (χ4v) is 4.43. The Morgan fingerprint density at radius 1 is 0.844 bits per heavy atom. The van der Waals surface area contributed by atoms with Crippen LogP contribution in [0.4, 0.5) is 0 Å². The molecule has 0 bridgehead atoms. The Kier molecular flexibility index (Phi) is 5.60. The molecule has 2 heterocycles.